The van der Waals surface area contributed by atoms with Gasteiger partial charge in [0.1, 0.15) is 34.3 Å². The van der Waals surface area contributed by atoms with Crippen molar-refractivity contribution in [3.8, 4) is 22.9 Å². The van der Waals surface area contributed by atoms with E-state index < -0.39 is 17.7 Å². The number of benzene rings is 1. The van der Waals surface area contributed by atoms with Gasteiger partial charge in [-0.1, -0.05) is 35.0 Å². The predicted octanol–water partition coefficient (Wildman–Crippen LogP) is 4.85. The number of rotatable bonds is 4. The Morgan fingerprint density at radius 3 is 2.52 bits per heavy atom. The largest absolute Gasteiger partial charge is 0.433 e. The maximum Gasteiger partial charge on any atom is 0.433 e. The van der Waals surface area contributed by atoms with Crippen molar-refractivity contribution in [3.63, 3.8) is 0 Å². The van der Waals surface area contributed by atoms with E-state index in [1.807, 2.05) is 0 Å². The van der Waals surface area contributed by atoms with Crippen LogP contribution in [0, 0.1) is 5.82 Å². The number of hydrogen-bond donors (Lipinski definition) is 0. The van der Waals surface area contributed by atoms with Crippen LogP contribution in [0.15, 0.2) is 53.3 Å². The first kappa shape index (κ1) is 19.1. The minimum absolute atomic E-state index is 0.00155. The molecule has 0 aliphatic carbocycles. The Kier molecular flexibility index (Phi) is 4.79. The summed E-state index contributed by atoms with van der Waals surface area (Å²) in [6, 6.07) is 9.67. The van der Waals surface area contributed by atoms with E-state index in [0.717, 1.165) is 0 Å². The molecule has 0 atom stereocenters. The highest BCUT2D eigenvalue weighted by Gasteiger charge is 2.34. The SMILES string of the molecule is Fc1ccccc1Cn1nc(-c2nc(Cl)cc(C(F)(F)F)n2)cc1-c1ccon1. The fourth-order valence-electron chi connectivity index (χ4n) is 2.66. The maximum absolute atomic E-state index is 14.1. The lowest BCUT2D eigenvalue weighted by molar-refractivity contribution is -0.141. The third-order valence-corrected chi connectivity index (χ3v) is 4.17. The lowest BCUT2D eigenvalue weighted by atomic mass is 10.2. The second-order valence-electron chi connectivity index (χ2n) is 5.95. The van der Waals surface area contributed by atoms with Gasteiger partial charge in [-0.15, -0.1) is 0 Å². The Balaban J connectivity index is 1.82. The Morgan fingerprint density at radius 2 is 1.83 bits per heavy atom. The van der Waals surface area contributed by atoms with Gasteiger partial charge >= 0.3 is 6.18 Å². The van der Waals surface area contributed by atoms with Gasteiger partial charge in [-0.25, -0.2) is 14.4 Å². The van der Waals surface area contributed by atoms with Crippen molar-refractivity contribution in [2.24, 2.45) is 0 Å². The number of alkyl halides is 3. The fourth-order valence-corrected chi connectivity index (χ4v) is 2.85. The van der Waals surface area contributed by atoms with Crippen molar-refractivity contribution >= 4 is 11.6 Å². The predicted molar refractivity (Wildman–Crippen MR) is 94.3 cm³/mol. The monoisotopic (exact) mass is 423 g/mol. The second-order valence-corrected chi connectivity index (χ2v) is 6.33. The molecule has 0 fully saturated rings. The topological polar surface area (TPSA) is 69.6 Å². The number of halogens is 5. The van der Waals surface area contributed by atoms with Crippen molar-refractivity contribution in [1.82, 2.24) is 24.9 Å². The first-order chi connectivity index (χ1) is 13.8. The van der Waals surface area contributed by atoms with Crippen molar-refractivity contribution < 1.29 is 22.1 Å². The quantitative estimate of drug-likeness (QED) is 0.346. The lowest BCUT2D eigenvalue weighted by Crippen LogP contribution is -2.10. The number of nitrogens with zero attached hydrogens (tertiary/aromatic N) is 5. The fraction of sp³-hybridized carbons (Fsp3) is 0.111. The average molecular weight is 424 g/mol. The van der Waals surface area contributed by atoms with Crippen LogP contribution in [-0.2, 0) is 12.7 Å². The summed E-state index contributed by atoms with van der Waals surface area (Å²) in [5.74, 6) is -0.768. The van der Waals surface area contributed by atoms with Crippen LogP contribution in [0.4, 0.5) is 17.6 Å². The van der Waals surface area contributed by atoms with Gasteiger partial charge in [0.2, 0.25) is 0 Å². The highest BCUT2D eigenvalue weighted by molar-refractivity contribution is 6.29. The third-order valence-electron chi connectivity index (χ3n) is 3.97. The lowest BCUT2D eigenvalue weighted by Gasteiger charge is -2.07. The molecule has 0 aliphatic rings. The summed E-state index contributed by atoms with van der Waals surface area (Å²) in [4.78, 5) is 7.36. The van der Waals surface area contributed by atoms with Crippen LogP contribution in [0.2, 0.25) is 5.15 Å². The molecule has 0 amide bonds. The molecule has 1 aromatic carbocycles. The third kappa shape index (κ3) is 3.97. The van der Waals surface area contributed by atoms with Crippen LogP contribution < -0.4 is 0 Å². The van der Waals surface area contributed by atoms with Crippen LogP contribution in [0.3, 0.4) is 0 Å². The first-order valence-electron chi connectivity index (χ1n) is 8.15. The van der Waals surface area contributed by atoms with Crippen molar-refractivity contribution in [2.75, 3.05) is 0 Å². The number of aromatic nitrogens is 5. The highest BCUT2D eigenvalue weighted by atomic mass is 35.5. The van der Waals surface area contributed by atoms with Crippen LogP contribution in [0.25, 0.3) is 22.9 Å². The van der Waals surface area contributed by atoms with Crippen LogP contribution >= 0.6 is 11.6 Å². The Morgan fingerprint density at radius 1 is 1.03 bits per heavy atom. The zero-order valence-electron chi connectivity index (χ0n) is 14.4. The average Bonchev–Trinajstić information content (AvgIpc) is 3.32. The molecule has 0 aliphatic heterocycles. The van der Waals surface area contributed by atoms with E-state index in [1.54, 1.807) is 24.3 Å². The summed E-state index contributed by atoms with van der Waals surface area (Å²) >= 11 is 5.74. The molecule has 0 radical (unpaired) electrons. The summed E-state index contributed by atoms with van der Waals surface area (Å²) in [5.41, 5.74) is -0.103. The van der Waals surface area contributed by atoms with Gasteiger partial charge in [0.15, 0.2) is 5.82 Å². The molecule has 29 heavy (non-hydrogen) atoms. The van der Waals surface area contributed by atoms with E-state index in [1.165, 1.54) is 23.1 Å². The summed E-state index contributed by atoms with van der Waals surface area (Å²) in [7, 11) is 0. The minimum Gasteiger partial charge on any atom is -0.364 e. The molecule has 0 spiro atoms. The van der Waals surface area contributed by atoms with Crippen molar-refractivity contribution in [2.45, 2.75) is 12.7 Å². The zero-order valence-corrected chi connectivity index (χ0v) is 15.1. The first-order valence-corrected chi connectivity index (χ1v) is 8.53. The molecule has 0 saturated carbocycles. The van der Waals surface area contributed by atoms with E-state index >= 15 is 0 Å². The zero-order chi connectivity index (χ0) is 20.6. The molecule has 0 saturated heterocycles. The number of hydrogen-bond acceptors (Lipinski definition) is 5. The van der Waals surface area contributed by atoms with Gasteiger partial charge in [0, 0.05) is 17.7 Å². The van der Waals surface area contributed by atoms with Gasteiger partial charge < -0.3 is 4.52 Å². The smallest absolute Gasteiger partial charge is 0.364 e. The molecule has 6 nitrogen and oxygen atoms in total. The summed E-state index contributed by atoms with van der Waals surface area (Å²) in [6.07, 6.45) is -3.38. The molecule has 3 heterocycles. The van der Waals surface area contributed by atoms with Gasteiger partial charge in [0.05, 0.1) is 12.2 Å². The van der Waals surface area contributed by atoms with Crippen LogP contribution in [-0.4, -0.2) is 24.9 Å². The molecule has 11 heteroatoms. The van der Waals surface area contributed by atoms with E-state index in [9.17, 15) is 17.6 Å². The molecule has 148 valence electrons. The standard InChI is InChI=1S/C18H10ClF4N5O/c19-16-8-15(18(21,22)23)24-17(25-16)13-7-14(12-5-6-29-27-12)28(26-13)9-10-3-1-2-4-11(10)20/h1-8H,9H2. The molecule has 4 rings (SSSR count). The molecule has 4 aromatic rings. The molecule has 0 bridgehead atoms. The summed E-state index contributed by atoms with van der Waals surface area (Å²) in [6.45, 7) is 0.00155. The molecular formula is C18H10ClF4N5O. The van der Waals surface area contributed by atoms with E-state index in [0.29, 0.717) is 23.0 Å². The van der Waals surface area contributed by atoms with E-state index in [-0.39, 0.29) is 23.2 Å². The normalized spacial score (nSPS) is 11.8. The minimum atomic E-state index is -4.70. The molecule has 0 N–H and O–H groups in total. The van der Waals surface area contributed by atoms with Gasteiger partial charge in [-0.3, -0.25) is 4.68 Å². The maximum atomic E-state index is 14.1. The highest BCUT2D eigenvalue weighted by Crippen LogP contribution is 2.31. The van der Waals surface area contributed by atoms with Crippen LogP contribution in [0.5, 0.6) is 0 Å². The second kappa shape index (κ2) is 7.28. The summed E-state index contributed by atoms with van der Waals surface area (Å²) < 4.78 is 59.5. The van der Waals surface area contributed by atoms with Crippen LogP contribution in [0.1, 0.15) is 11.3 Å². The van der Waals surface area contributed by atoms with Crippen molar-refractivity contribution in [3.05, 3.63) is 71.0 Å². The van der Waals surface area contributed by atoms with Gasteiger partial charge in [-0.2, -0.15) is 18.3 Å². The Labute approximate surface area is 165 Å². The molecular weight excluding hydrogens is 414 g/mol. The molecule has 0 unspecified atom stereocenters. The van der Waals surface area contributed by atoms with Crippen molar-refractivity contribution in [1.29, 1.82) is 0 Å². The molecule has 3 aromatic heterocycles. The van der Waals surface area contributed by atoms with Gasteiger partial charge in [-0.05, 0) is 12.1 Å². The van der Waals surface area contributed by atoms with Gasteiger partial charge in [0.25, 0.3) is 0 Å². The Hall–Kier alpha value is -3.27. The Bertz CT molecular complexity index is 1160. The summed E-state index contributed by atoms with van der Waals surface area (Å²) in [5, 5.41) is 7.69. The van der Waals surface area contributed by atoms with E-state index in [2.05, 4.69) is 20.2 Å². The van der Waals surface area contributed by atoms with E-state index in [4.69, 9.17) is 16.1 Å².